The number of rotatable bonds is 3. The highest BCUT2D eigenvalue weighted by Crippen LogP contribution is 2.08. The van der Waals surface area contributed by atoms with Gasteiger partial charge in [-0.15, -0.1) is 11.3 Å². The van der Waals surface area contributed by atoms with Crippen molar-refractivity contribution >= 4 is 23.5 Å². The Balaban J connectivity index is 2.73. The van der Waals surface area contributed by atoms with Crippen molar-refractivity contribution in [3.63, 3.8) is 0 Å². The Hall–Kier alpha value is -1.23. The van der Waals surface area contributed by atoms with Crippen LogP contribution in [-0.2, 0) is 4.74 Å². The summed E-state index contributed by atoms with van der Waals surface area (Å²) < 4.78 is 4.78. The summed E-state index contributed by atoms with van der Waals surface area (Å²) in [6, 6.07) is 0. The largest absolute Gasteiger partial charge is 0.461 e. The molecule has 0 N–H and O–H groups in total. The maximum absolute atomic E-state index is 11.1. The van der Waals surface area contributed by atoms with Crippen LogP contribution >= 0.6 is 11.3 Å². The zero-order chi connectivity index (χ0) is 9.68. The minimum atomic E-state index is -0.380. The molecule has 0 aliphatic rings. The minimum absolute atomic E-state index is 0.349. The van der Waals surface area contributed by atoms with E-state index < -0.39 is 0 Å². The molecule has 1 aromatic heterocycles. The Kier molecular flexibility index (Phi) is 3.57. The first-order chi connectivity index (χ1) is 6.27. The first kappa shape index (κ1) is 9.85. The van der Waals surface area contributed by atoms with Gasteiger partial charge in [-0.1, -0.05) is 0 Å². The Morgan fingerprint density at radius 1 is 1.85 bits per heavy atom. The number of carbonyl (C=O) groups is 1. The van der Waals surface area contributed by atoms with Gasteiger partial charge in [-0.05, 0) is 6.92 Å². The van der Waals surface area contributed by atoms with Crippen LogP contribution in [0.15, 0.2) is 10.4 Å². The highest BCUT2D eigenvalue weighted by Gasteiger charge is 2.09. The molecule has 13 heavy (non-hydrogen) atoms. The number of hydrogen-bond acceptors (Lipinski definition) is 5. The Labute approximate surface area is 80.3 Å². The summed E-state index contributed by atoms with van der Waals surface area (Å²) in [4.78, 5) is 18.9. The molecular weight excluding hydrogens is 188 g/mol. The van der Waals surface area contributed by atoms with Crippen molar-refractivity contribution in [3.05, 3.63) is 16.1 Å². The minimum Gasteiger partial charge on any atom is -0.461 e. The Morgan fingerprint density at radius 2 is 2.62 bits per heavy atom. The lowest BCUT2D eigenvalue weighted by molar-refractivity contribution is 0.0520. The van der Waals surface area contributed by atoms with E-state index in [9.17, 15) is 4.79 Å². The van der Waals surface area contributed by atoms with Gasteiger partial charge in [0.1, 0.15) is 5.01 Å². The van der Waals surface area contributed by atoms with Crippen molar-refractivity contribution in [2.75, 3.05) is 13.7 Å². The van der Waals surface area contributed by atoms with Gasteiger partial charge < -0.3 is 4.74 Å². The number of aromatic nitrogens is 1. The molecule has 0 spiro atoms. The molecule has 70 valence electrons. The van der Waals surface area contributed by atoms with Gasteiger partial charge in [-0.2, -0.15) is 0 Å². The maximum atomic E-state index is 11.1. The van der Waals surface area contributed by atoms with Gasteiger partial charge in [0, 0.05) is 12.4 Å². The molecule has 0 saturated carbocycles. The first-order valence-electron chi connectivity index (χ1n) is 3.82. The fraction of sp³-hybridized carbons (Fsp3) is 0.375. The molecule has 0 bridgehead atoms. The second-order valence-electron chi connectivity index (χ2n) is 2.18. The number of nitrogens with zero attached hydrogens (tertiary/aromatic N) is 2. The second-order valence-corrected chi connectivity index (χ2v) is 3.07. The smallest absolute Gasteiger partial charge is 0.357 e. The third kappa shape index (κ3) is 2.62. The number of thiazole rings is 1. The van der Waals surface area contributed by atoms with Crippen molar-refractivity contribution in [2.24, 2.45) is 4.99 Å². The molecule has 0 atom stereocenters. The van der Waals surface area contributed by atoms with Gasteiger partial charge in [0.25, 0.3) is 0 Å². The van der Waals surface area contributed by atoms with Crippen LogP contribution in [0.1, 0.15) is 22.4 Å². The predicted molar refractivity (Wildman–Crippen MR) is 51.6 cm³/mol. The molecule has 1 aromatic rings. The molecule has 0 fully saturated rings. The monoisotopic (exact) mass is 198 g/mol. The lowest BCUT2D eigenvalue weighted by Crippen LogP contribution is -2.04. The molecule has 1 rings (SSSR count). The third-order valence-corrected chi connectivity index (χ3v) is 2.03. The van der Waals surface area contributed by atoms with Gasteiger partial charge >= 0.3 is 5.97 Å². The Morgan fingerprint density at radius 3 is 3.23 bits per heavy atom. The van der Waals surface area contributed by atoms with E-state index in [1.165, 1.54) is 11.3 Å². The van der Waals surface area contributed by atoms with Gasteiger partial charge in [-0.3, -0.25) is 4.99 Å². The van der Waals surface area contributed by atoms with E-state index in [4.69, 9.17) is 4.74 Å². The molecule has 1 heterocycles. The van der Waals surface area contributed by atoms with E-state index in [2.05, 4.69) is 9.98 Å². The van der Waals surface area contributed by atoms with Crippen LogP contribution in [0.25, 0.3) is 0 Å². The first-order valence-corrected chi connectivity index (χ1v) is 4.70. The third-order valence-electron chi connectivity index (χ3n) is 1.25. The number of esters is 1. The summed E-state index contributed by atoms with van der Waals surface area (Å²) in [5.41, 5.74) is 0.349. The van der Waals surface area contributed by atoms with Gasteiger partial charge in [0.15, 0.2) is 5.69 Å². The van der Waals surface area contributed by atoms with Crippen LogP contribution in [-0.4, -0.2) is 30.8 Å². The molecule has 5 heteroatoms. The highest BCUT2D eigenvalue weighted by atomic mass is 32.1. The lowest BCUT2D eigenvalue weighted by atomic mass is 10.5. The van der Waals surface area contributed by atoms with E-state index in [-0.39, 0.29) is 5.97 Å². The van der Waals surface area contributed by atoms with Gasteiger partial charge in [0.05, 0.1) is 12.8 Å². The Bertz CT molecular complexity index is 320. The number of aliphatic imine (C=N–C) groups is 1. The number of carbonyl (C=O) groups excluding carboxylic acids is 1. The van der Waals surface area contributed by atoms with Crippen molar-refractivity contribution in [1.29, 1.82) is 0 Å². The summed E-state index contributed by atoms with van der Waals surface area (Å²) in [5.74, 6) is -0.380. The second kappa shape index (κ2) is 4.71. The average Bonchev–Trinajstić information content (AvgIpc) is 2.54. The molecule has 0 aliphatic heterocycles. The number of ether oxygens (including phenoxy) is 1. The quantitative estimate of drug-likeness (QED) is 0.544. The number of hydrogen-bond donors (Lipinski definition) is 0. The SMILES string of the molecule is CCOC(=O)c1csc(C=NC)n1. The molecule has 0 amide bonds. The zero-order valence-electron chi connectivity index (χ0n) is 7.48. The van der Waals surface area contributed by atoms with Crippen LogP contribution in [0.3, 0.4) is 0 Å². The van der Waals surface area contributed by atoms with Crippen molar-refractivity contribution in [1.82, 2.24) is 4.98 Å². The average molecular weight is 198 g/mol. The van der Waals surface area contributed by atoms with Gasteiger partial charge in [0.2, 0.25) is 0 Å². The highest BCUT2D eigenvalue weighted by molar-refractivity contribution is 7.11. The van der Waals surface area contributed by atoms with Crippen LogP contribution in [0.5, 0.6) is 0 Å². The molecule has 0 radical (unpaired) electrons. The fourth-order valence-electron chi connectivity index (χ4n) is 0.756. The van der Waals surface area contributed by atoms with Gasteiger partial charge in [-0.25, -0.2) is 9.78 Å². The van der Waals surface area contributed by atoms with E-state index >= 15 is 0 Å². The summed E-state index contributed by atoms with van der Waals surface area (Å²) in [6.45, 7) is 2.13. The van der Waals surface area contributed by atoms with Crippen molar-refractivity contribution < 1.29 is 9.53 Å². The predicted octanol–water partition coefficient (Wildman–Crippen LogP) is 1.37. The molecule has 0 aromatic carbocycles. The fourth-order valence-corrected chi connectivity index (χ4v) is 1.45. The van der Waals surface area contributed by atoms with Crippen molar-refractivity contribution in [2.45, 2.75) is 6.92 Å². The topological polar surface area (TPSA) is 51.5 Å². The summed E-state index contributed by atoms with van der Waals surface area (Å²) in [7, 11) is 1.66. The molecule has 0 aliphatic carbocycles. The van der Waals surface area contributed by atoms with Crippen LogP contribution < -0.4 is 0 Å². The molecule has 0 saturated heterocycles. The van der Waals surface area contributed by atoms with E-state index in [1.807, 2.05) is 0 Å². The van der Waals surface area contributed by atoms with Crippen LogP contribution in [0, 0.1) is 0 Å². The van der Waals surface area contributed by atoms with E-state index in [0.29, 0.717) is 17.3 Å². The van der Waals surface area contributed by atoms with E-state index in [1.54, 1.807) is 25.6 Å². The summed E-state index contributed by atoms with van der Waals surface area (Å²) in [6.07, 6.45) is 1.60. The summed E-state index contributed by atoms with van der Waals surface area (Å²) in [5, 5.41) is 2.38. The van der Waals surface area contributed by atoms with Crippen LogP contribution in [0.2, 0.25) is 0 Å². The normalized spacial score (nSPS) is 10.6. The zero-order valence-corrected chi connectivity index (χ0v) is 8.30. The summed E-state index contributed by atoms with van der Waals surface area (Å²) >= 11 is 1.37. The van der Waals surface area contributed by atoms with Crippen LogP contribution in [0.4, 0.5) is 0 Å². The lowest BCUT2D eigenvalue weighted by Gasteiger charge is -1.95. The van der Waals surface area contributed by atoms with Crippen molar-refractivity contribution in [3.8, 4) is 0 Å². The molecule has 0 unspecified atom stereocenters. The standard InChI is InChI=1S/C8H10N2O2S/c1-3-12-8(11)6-5-13-7(10-6)4-9-2/h4-5H,3H2,1-2H3. The molecular formula is C8H10N2O2S. The van der Waals surface area contributed by atoms with E-state index in [0.717, 1.165) is 0 Å². The molecule has 4 nitrogen and oxygen atoms in total. The maximum Gasteiger partial charge on any atom is 0.357 e.